The molecule has 0 radical (unpaired) electrons. The molecule has 0 aromatic heterocycles. The number of epoxide rings is 1. The molecule has 9 heteroatoms. The maximum atomic E-state index is 12.7. The zero-order valence-electron chi connectivity index (χ0n) is 13.6. The molecule has 2 heterocycles. The number of likely N-dealkylation sites (tertiary alicyclic amines) is 1. The molecule has 0 aromatic carbocycles. The predicted octanol–water partition coefficient (Wildman–Crippen LogP) is -0.555. The Morgan fingerprint density at radius 3 is 2.33 bits per heavy atom. The molecule has 4 atom stereocenters. The zero-order valence-corrected chi connectivity index (χ0v) is 13.6. The first-order chi connectivity index (χ1) is 11.2. The number of carboxylic acids is 2. The molecule has 24 heavy (non-hydrogen) atoms. The summed E-state index contributed by atoms with van der Waals surface area (Å²) in [5.74, 6) is -3.32. The van der Waals surface area contributed by atoms with Gasteiger partial charge in [0.1, 0.15) is 12.1 Å². The van der Waals surface area contributed by atoms with Gasteiger partial charge in [-0.15, -0.1) is 0 Å². The maximum Gasteiger partial charge on any atom is 0.336 e. The van der Waals surface area contributed by atoms with Gasteiger partial charge >= 0.3 is 11.9 Å². The quantitative estimate of drug-likeness (QED) is 0.528. The summed E-state index contributed by atoms with van der Waals surface area (Å²) in [6.07, 6.45) is -0.969. The van der Waals surface area contributed by atoms with E-state index < -0.39 is 48.0 Å². The van der Waals surface area contributed by atoms with Gasteiger partial charge in [0, 0.05) is 6.54 Å². The Balaban J connectivity index is 2.05. The highest BCUT2D eigenvalue weighted by atomic mass is 16.6. The van der Waals surface area contributed by atoms with Crippen molar-refractivity contribution in [2.75, 3.05) is 6.54 Å². The molecule has 0 aromatic rings. The first kappa shape index (κ1) is 18.2. The van der Waals surface area contributed by atoms with Crippen molar-refractivity contribution in [3.05, 3.63) is 0 Å². The second-order valence-corrected chi connectivity index (χ2v) is 6.53. The lowest BCUT2D eigenvalue weighted by Crippen LogP contribution is -2.53. The lowest BCUT2D eigenvalue weighted by Gasteiger charge is -2.28. The van der Waals surface area contributed by atoms with E-state index in [9.17, 15) is 24.3 Å². The lowest BCUT2D eigenvalue weighted by atomic mass is 10.0. The van der Waals surface area contributed by atoms with Crippen molar-refractivity contribution in [3.8, 4) is 0 Å². The Kier molecular flexibility index (Phi) is 5.43. The molecule has 3 N–H and O–H groups in total. The Hall–Kier alpha value is -2.16. The molecular formula is C15H22N2O7. The number of aliphatic carboxylic acids is 2. The van der Waals surface area contributed by atoms with E-state index in [1.54, 1.807) is 0 Å². The lowest BCUT2D eigenvalue weighted by molar-refractivity contribution is -0.149. The van der Waals surface area contributed by atoms with Gasteiger partial charge in [0.2, 0.25) is 5.91 Å². The maximum absolute atomic E-state index is 12.7. The average Bonchev–Trinajstić information content (AvgIpc) is 3.14. The Morgan fingerprint density at radius 1 is 1.17 bits per heavy atom. The second-order valence-electron chi connectivity index (χ2n) is 6.53. The molecule has 0 unspecified atom stereocenters. The van der Waals surface area contributed by atoms with Crippen molar-refractivity contribution in [1.82, 2.24) is 10.2 Å². The Bertz CT molecular complexity index is 548. The van der Waals surface area contributed by atoms with Gasteiger partial charge in [0.25, 0.3) is 5.91 Å². The van der Waals surface area contributed by atoms with Gasteiger partial charge in [-0.1, -0.05) is 13.8 Å². The number of amides is 2. The largest absolute Gasteiger partial charge is 0.480 e. The van der Waals surface area contributed by atoms with Gasteiger partial charge in [0.15, 0.2) is 12.2 Å². The number of hydrogen-bond donors (Lipinski definition) is 3. The van der Waals surface area contributed by atoms with Crippen LogP contribution < -0.4 is 5.32 Å². The van der Waals surface area contributed by atoms with E-state index in [4.69, 9.17) is 9.84 Å². The van der Waals surface area contributed by atoms with Crippen LogP contribution in [0.5, 0.6) is 0 Å². The van der Waals surface area contributed by atoms with Crippen LogP contribution in [-0.2, 0) is 23.9 Å². The van der Waals surface area contributed by atoms with Crippen molar-refractivity contribution >= 4 is 23.8 Å². The number of carbonyl (C=O) groups is 4. The molecular weight excluding hydrogens is 320 g/mol. The minimum absolute atomic E-state index is 0.0838. The van der Waals surface area contributed by atoms with Gasteiger partial charge in [-0.2, -0.15) is 0 Å². The zero-order chi connectivity index (χ0) is 18.0. The van der Waals surface area contributed by atoms with Crippen LogP contribution in [0.25, 0.3) is 0 Å². The van der Waals surface area contributed by atoms with Crippen LogP contribution in [0.2, 0.25) is 0 Å². The number of rotatable bonds is 7. The third-order valence-corrected chi connectivity index (χ3v) is 4.14. The number of hydrogen-bond acceptors (Lipinski definition) is 5. The fraction of sp³-hybridized carbons (Fsp3) is 0.733. The van der Waals surface area contributed by atoms with E-state index in [1.807, 2.05) is 13.8 Å². The van der Waals surface area contributed by atoms with Crippen LogP contribution in [0.3, 0.4) is 0 Å². The van der Waals surface area contributed by atoms with Gasteiger partial charge in [0.05, 0.1) is 0 Å². The smallest absolute Gasteiger partial charge is 0.336 e. The third-order valence-electron chi connectivity index (χ3n) is 4.14. The number of carbonyl (C=O) groups excluding carboxylic acids is 2. The summed E-state index contributed by atoms with van der Waals surface area (Å²) in [6, 6.07) is -1.77. The molecule has 2 saturated heterocycles. The minimum Gasteiger partial charge on any atom is -0.480 e. The van der Waals surface area contributed by atoms with E-state index in [2.05, 4.69) is 5.32 Å². The monoisotopic (exact) mass is 342 g/mol. The summed E-state index contributed by atoms with van der Waals surface area (Å²) in [7, 11) is 0. The van der Waals surface area contributed by atoms with Gasteiger partial charge in [-0.3, -0.25) is 9.59 Å². The van der Waals surface area contributed by atoms with Crippen LogP contribution in [0.4, 0.5) is 0 Å². The average molecular weight is 342 g/mol. The first-order valence-electron chi connectivity index (χ1n) is 7.94. The minimum atomic E-state index is -1.23. The van der Waals surface area contributed by atoms with E-state index in [0.717, 1.165) is 0 Å². The summed E-state index contributed by atoms with van der Waals surface area (Å²) in [5, 5.41) is 20.5. The van der Waals surface area contributed by atoms with E-state index in [1.165, 1.54) is 4.90 Å². The molecule has 2 rings (SSSR count). The molecule has 2 fully saturated rings. The molecule has 0 aliphatic carbocycles. The summed E-state index contributed by atoms with van der Waals surface area (Å²) < 4.78 is 4.78. The summed E-state index contributed by atoms with van der Waals surface area (Å²) in [5.41, 5.74) is 0. The molecule has 2 aliphatic heterocycles. The highest BCUT2D eigenvalue weighted by Gasteiger charge is 2.51. The molecule has 9 nitrogen and oxygen atoms in total. The molecule has 134 valence electrons. The fourth-order valence-corrected chi connectivity index (χ4v) is 2.93. The number of carboxylic acid groups (broad SMARTS) is 2. The summed E-state index contributed by atoms with van der Waals surface area (Å²) >= 11 is 0. The van der Waals surface area contributed by atoms with Gasteiger partial charge in [-0.25, -0.2) is 9.59 Å². The fourth-order valence-electron chi connectivity index (χ4n) is 2.93. The van der Waals surface area contributed by atoms with Crippen molar-refractivity contribution in [2.45, 2.75) is 57.4 Å². The van der Waals surface area contributed by atoms with Crippen LogP contribution in [0, 0.1) is 5.92 Å². The van der Waals surface area contributed by atoms with Crippen LogP contribution in [-0.4, -0.2) is 69.7 Å². The third kappa shape index (κ3) is 4.02. The molecule has 2 amide bonds. The van der Waals surface area contributed by atoms with Crippen LogP contribution in [0.15, 0.2) is 0 Å². The van der Waals surface area contributed by atoms with Crippen LogP contribution in [0.1, 0.15) is 33.1 Å². The number of nitrogens with one attached hydrogen (secondary N) is 1. The van der Waals surface area contributed by atoms with Gasteiger partial charge < -0.3 is 25.2 Å². The predicted molar refractivity (Wildman–Crippen MR) is 80.1 cm³/mol. The van der Waals surface area contributed by atoms with E-state index in [0.29, 0.717) is 25.8 Å². The SMILES string of the molecule is CC(C)C[C@H](NC(=O)[C@@H]1O[C@@H]1C(=O)O)C(=O)N1CCC[C@H]1C(=O)O. The van der Waals surface area contributed by atoms with Crippen LogP contribution >= 0.6 is 0 Å². The van der Waals surface area contributed by atoms with Gasteiger partial charge in [-0.05, 0) is 25.2 Å². The van der Waals surface area contributed by atoms with Crippen molar-refractivity contribution in [1.29, 1.82) is 0 Å². The number of nitrogens with zero attached hydrogens (tertiary/aromatic N) is 1. The second kappa shape index (κ2) is 7.16. The molecule has 0 spiro atoms. The van der Waals surface area contributed by atoms with Crippen molar-refractivity contribution < 1.29 is 34.1 Å². The van der Waals surface area contributed by atoms with Crippen molar-refractivity contribution in [2.24, 2.45) is 5.92 Å². The molecule has 0 saturated carbocycles. The van der Waals surface area contributed by atoms with E-state index >= 15 is 0 Å². The summed E-state index contributed by atoms with van der Waals surface area (Å²) in [6.45, 7) is 4.08. The highest BCUT2D eigenvalue weighted by Crippen LogP contribution is 2.24. The Morgan fingerprint density at radius 2 is 1.83 bits per heavy atom. The topological polar surface area (TPSA) is 137 Å². The Labute approximate surface area is 138 Å². The summed E-state index contributed by atoms with van der Waals surface area (Å²) in [4.78, 5) is 48.0. The normalized spacial score (nSPS) is 27.0. The van der Waals surface area contributed by atoms with Crippen molar-refractivity contribution in [3.63, 3.8) is 0 Å². The standard InChI is InChI=1S/C15H22N2O7/c1-7(2)6-8(16-12(18)10-11(24-10)15(22)23)13(19)17-5-3-4-9(17)14(20)21/h7-11H,3-6H2,1-2H3,(H,16,18)(H,20,21)(H,22,23)/t8-,9-,10+,11-/m0/s1. The highest BCUT2D eigenvalue weighted by molar-refractivity contribution is 5.96. The van der Waals surface area contributed by atoms with E-state index in [-0.39, 0.29) is 5.92 Å². The molecule has 0 bridgehead atoms. The molecule has 2 aliphatic rings. The first-order valence-corrected chi connectivity index (χ1v) is 7.94. The number of ether oxygens (including phenoxy) is 1.